The summed E-state index contributed by atoms with van der Waals surface area (Å²) in [7, 11) is 4.10. The molecule has 0 spiro atoms. The molecule has 11 heteroatoms. The summed E-state index contributed by atoms with van der Waals surface area (Å²) in [5.74, 6) is 0.768. The highest BCUT2D eigenvalue weighted by atomic mass is 16.1. The summed E-state index contributed by atoms with van der Waals surface area (Å²) in [6, 6.07) is 10.9. The Morgan fingerprint density at radius 2 is 1.91 bits per heavy atom. The molecule has 0 radical (unpaired) electrons. The van der Waals surface area contributed by atoms with E-state index in [0.717, 1.165) is 85.5 Å². The van der Waals surface area contributed by atoms with Crippen LogP contribution in [0.2, 0.25) is 0 Å². The third kappa shape index (κ3) is 5.50. The molecule has 2 fully saturated rings. The maximum atomic E-state index is 14.2. The van der Waals surface area contributed by atoms with Gasteiger partial charge in [0.1, 0.15) is 11.3 Å². The van der Waals surface area contributed by atoms with Crippen molar-refractivity contribution in [3.63, 3.8) is 0 Å². The molecule has 2 aliphatic heterocycles. The number of pyridine rings is 1. The molecular weight excluding hydrogens is 552 g/mol. The van der Waals surface area contributed by atoms with Crippen LogP contribution in [0.1, 0.15) is 68.3 Å². The normalized spacial score (nSPS) is 20.5. The van der Waals surface area contributed by atoms with Crippen molar-refractivity contribution in [2.45, 2.75) is 64.0 Å². The van der Waals surface area contributed by atoms with E-state index >= 15 is 0 Å². The number of fused-ring (bicyclic) bond motifs is 1. The fourth-order valence-corrected chi connectivity index (χ4v) is 7.18. The number of likely N-dealkylation sites (N-methyl/N-ethyl adjacent to an activating group) is 1. The first-order valence-corrected chi connectivity index (χ1v) is 16.0. The van der Waals surface area contributed by atoms with Crippen LogP contribution in [-0.4, -0.2) is 68.8 Å². The Balaban J connectivity index is 1.23. The molecule has 230 valence electrons. The highest BCUT2D eigenvalue weighted by Crippen LogP contribution is 2.33. The standard InChI is InChI=1S/C33H42N10O/c1-21-6-4-8-27(21)28-16-23-18-36-33(37-24-9-11-25(12-10-24)41(2)26-7-5-14-34-19-26)38-31(23)43(32(28)44)20-29-30(42(3)40-39-29)22-13-15-35-17-22/h9-12,16,18,22,26,34-35H,4-8,13-15,17,19-20H2,1-3H3,(H,36,37,38). The predicted molar refractivity (Wildman–Crippen MR) is 175 cm³/mol. The number of rotatable bonds is 8. The fraction of sp³-hybridized carbons (Fsp3) is 0.485. The van der Waals surface area contributed by atoms with Crippen LogP contribution < -0.4 is 26.4 Å². The molecule has 1 aromatic carbocycles. The zero-order valence-corrected chi connectivity index (χ0v) is 25.9. The summed E-state index contributed by atoms with van der Waals surface area (Å²) in [4.78, 5) is 26.2. The quantitative estimate of drug-likeness (QED) is 0.279. The number of hydrogen-bond donors (Lipinski definition) is 3. The zero-order valence-electron chi connectivity index (χ0n) is 25.9. The van der Waals surface area contributed by atoms with Gasteiger partial charge in [-0.1, -0.05) is 10.8 Å². The molecule has 7 rings (SSSR count). The molecule has 44 heavy (non-hydrogen) atoms. The minimum absolute atomic E-state index is 0.0378. The Kier molecular flexibility index (Phi) is 7.90. The Morgan fingerprint density at radius 3 is 2.64 bits per heavy atom. The first kappa shape index (κ1) is 28.7. The third-order valence-electron chi connectivity index (χ3n) is 9.69. The lowest BCUT2D eigenvalue weighted by Gasteiger charge is -2.33. The minimum atomic E-state index is -0.0378. The molecule has 11 nitrogen and oxygen atoms in total. The molecule has 2 atom stereocenters. The minimum Gasteiger partial charge on any atom is -0.370 e. The zero-order chi connectivity index (χ0) is 30.2. The van der Waals surface area contributed by atoms with Crippen LogP contribution in [-0.2, 0) is 13.6 Å². The first-order valence-electron chi connectivity index (χ1n) is 16.0. The molecule has 5 heterocycles. The molecule has 3 aliphatic rings. The number of piperidine rings is 1. The molecule has 3 aromatic heterocycles. The van der Waals surface area contributed by atoms with Crippen molar-refractivity contribution in [2.75, 3.05) is 43.4 Å². The van der Waals surface area contributed by atoms with E-state index in [-0.39, 0.29) is 5.56 Å². The Labute approximate surface area is 257 Å². The third-order valence-corrected chi connectivity index (χ3v) is 9.69. The largest absolute Gasteiger partial charge is 0.370 e. The number of benzene rings is 1. The van der Waals surface area contributed by atoms with E-state index in [4.69, 9.17) is 4.98 Å². The molecule has 0 amide bonds. The SMILES string of the molecule is CC1=C(c2cc3cnc(Nc4ccc(N(C)C5CCCNC5)cc4)nc3n(Cc3nnn(C)c3C3CCNC3)c2=O)CCC1. The summed E-state index contributed by atoms with van der Waals surface area (Å²) in [6.07, 6.45) is 8.27. The molecular formula is C33H42N10O. The van der Waals surface area contributed by atoms with E-state index < -0.39 is 0 Å². The second kappa shape index (κ2) is 12.1. The van der Waals surface area contributed by atoms with Crippen LogP contribution in [0.15, 0.2) is 46.9 Å². The van der Waals surface area contributed by atoms with Crippen LogP contribution in [0.4, 0.5) is 17.3 Å². The highest BCUT2D eigenvalue weighted by molar-refractivity contribution is 5.82. The van der Waals surface area contributed by atoms with Gasteiger partial charge in [0, 0.05) is 67.7 Å². The molecule has 1 aliphatic carbocycles. The lowest BCUT2D eigenvalue weighted by atomic mass is 10.0. The average molecular weight is 595 g/mol. The van der Waals surface area contributed by atoms with Gasteiger partial charge in [-0.05, 0) is 94.4 Å². The van der Waals surface area contributed by atoms with Gasteiger partial charge in [0.05, 0.1) is 12.2 Å². The van der Waals surface area contributed by atoms with Gasteiger partial charge in [0.15, 0.2) is 0 Å². The monoisotopic (exact) mass is 594 g/mol. The van der Waals surface area contributed by atoms with Gasteiger partial charge in [-0.2, -0.15) is 4.98 Å². The number of aryl methyl sites for hydroxylation is 1. The van der Waals surface area contributed by atoms with Gasteiger partial charge in [-0.15, -0.1) is 5.10 Å². The van der Waals surface area contributed by atoms with E-state index in [1.54, 1.807) is 4.57 Å². The topological polar surface area (TPSA) is 118 Å². The van der Waals surface area contributed by atoms with E-state index in [1.165, 1.54) is 24.1 Å². The number of nitrogens with one attached hydrogen (secondary N) is 3. The lowest BCUT2D eigenvalue weighted by Crippen LogP contribution is -2.44. The highest BCUT2D eigenvalue weighted by Gasteiger charge is 2.26. The van der Waals surface area contributed by atoms with E-state index in [2.05, 4.69) is 74.4 Å². The van der Waals surface area contributed by atoms with Crippen molar-refractivity contribution >= 4 is 33.9 Å². The molecule has 2 unspecified atom stereocenters. The summed E-state index contributed by atoms with van der Waals surface area (Å²) in [5, 5.41) is 20.1. The van der Waals surface area contributed by atoms with E-state index in [0.29, 0.717) is 30.1 Å². The first-order chi connectivity index (χ1) is 21.5. The molecule has 0 saturated carbocycles. The predicted octanol–water partition coefficient (Wildman–Crippen LogP) is 3.93. The molecule has 0 bridgehead atoms. The van der Waals surface area contributed by atoms with Crippen LogP contribution in [0.3, 0.4) is 0 Å². The second-order valence-electron chi connectivity index (χ2n) is 12.6. The number of hydrogen-bond acceptors (Lipinski definition) is 9. The molecule has 2 saturated heterocycles. The van der Waals surface area contributed by atoms with Crippen LogP contribution in [0.25, 0.3) is 16.6 Å². The van der Waals surface area contributed by atoms with Crippen molar-refractivity contribution in [3.8, 4) is 0 Å². The Hall–Kier alpha value is -4.09. The number of anilines is 3. The van der Waals surface area contributed by atoms with Crippen molar-refractivity contribution in [1.29, 1.82) is 0 Å². The van der Waals surface area contributed by atoms with Gasteiger partial charge in [0.25, 0.3) is 5.56 Å². The van der Waals surface area contributed by atoms with Crippen molar-refractivity contribution in [2.24, 2.45) is 7.05 Å². The summed E-state index contributed by atoms with van der Waals surface area (Å²) >= 11 is 0. The van der Waals surface area contributed by atoms with E-state index in [1.807, 2.05) is 24.0 Å². The van der Waals surface area contributed by atoms with Crippen molar-refractivity contribution < 1.29 is 0 Å². The van der Waals surface area contributed by atoms with Gasteiger partial charge in [0.2, 0.25) is 5.95 Å². The van der Waals surface area contributed by atoms with Gasteiger partial charge in [-0.25, -0.2) is 4.98 Å². The average Bonchev–Trinajstić information content (AvgIpc) is 3.81. The van der Waals surface area contributed by atoms with Gasteiger partial charge in [-0.3, -0.25) is 14.0 Å². The van der Waals surface area contributed by atoms with Gasteiger partial charge < -0.3 is 20.9 Å². The van der Waals surface area contributed by atoms with Crippen molar-refractivity contribution in [1.82, 2.24) is 40.2 Å². The summed E-state index contributed by atoms with van der Waals surface area (Å²) in [6.45, 7) is 6.42. The number of allylic oxidation sites excluding steroid dienone is 2. The van der Waals surface area contributed by atoms with Crippen LogP contribution in [0.5, 0.6) is 0 Å². The van der Waals surface area contributed by atoms with E-state index in [9.17, 15) is 4.79 Å². The number of nitrogens with zero attached hydrogens (tertiary/aromatic N) is 7. The second-order valence-corrected chi connectivity index (χ2v) is 12.6. The lowest BCUT2D eigenvalue weighted by molar-refractivity contribution is 0.445. The smallest absolute Gasteiger partial charge is 0.260 e. The van der Waals surface area contributed by atoms with Crippen LogP contribution >= 0.6 is 0 Å². The molecule has 4 aromatic rings. The summed E-state index contributed by atoms with van der Waals surface area (Å²) in [5.41, 5.74) is 7.72. The fourth-order valence-electron chi connectivity index (χ4n) is 7.18. The summed E-state index contributed by atoms with van der Waals surface area (Å²) < 4.78 is 3.64. The Bertz CT molecular complexity index is 1740. The maximum Gasteiger partial charge on any atom is 0.260 e. The van der Waals surface area contributed by atoms with Crippen molar-refractivity contribution in [3.05, 3.63) is 69.4 Å². The maximum absolute atomic E-state index is 14.2. The molecule has 3 N–H and O–H groups in total. The number of aromatic nitrogens is 6. The van der Waals surface area contributed by atoms with Gasteiger partial charge >= 0.3 is 0 Å². The van der Waals surface area contributed by atoms with Crippen LogP contribution in [0, 0.1) is 0 Å². The Morgan fingerprint density at radius 1 is 1.07 bits per heavy atom.